The minimum Gasteiger partial charge on any atom is -0.444 e. The smallest absolute Gasteiger partial charge is 0.410 e. The van der Waals surface area contributed by atoms with Crippen LogP contribution in [0.25, 0.3) is 0 Å². The maximum absolute atomic E-state index is 12.0. The lowest BCUT2D eigenvalue weighted by atomic mass is 9.90. The average Bonchev–Trinajstić information content (AvgIpc) is 2.62. The molecule has 1 saturated heterocycles. The lowest BCUT2D eigenvalue weighted by Gasteiger charge is -2.41. The number of ether oxygens (including phenoxy) is 1. The van der Waals surface area contributed by atoms with Crippen molar-refractivity contribution in [3.8, 4) is 0 Å². The second-order valence-electron chi connectivity index (χ2n) is 7.26. The Morgan fingerprint density at radius 3 is 2.64 bits per heavy atom. The molecule has 2 aliphatic heterocycles. The van der Waals surface area contributed by atoms with Crippen LogP contribution in [-0.4, -0.2) is 42.9 Å². The van der Waals surface area contributed by atoms with Gasteiger partial charge in [0.15, 0.2) is 0 Å². The largest absolute Gasteiger partial charge is 0.444 e. The number of fused-ring (bicyclic) bond motifs is 1. The molecule has 2 heterocycles. The van der Waals surface area contributed by atoms with E-state index in [0.29, 0.717) is 12.1 Å². The van der Waals surface area contributed by atoms with Gasteiger partial charge in [-0.05, 0) is 39.3 Å². The normalized spacial score (nSPS) is 21.2. The van der Waals surface area contributed by atoms with Gasteiger partial charge in [-0.3, -0.25) is 0 Å². The highest BCUT2D eigenvalue weighted by atomic mass is 16.6. The molecule has 1 amide bonds. The molecule has 0 spiro atoms. The van der Waals surface area contributed by atoms with Crippen LogP contribution in [0.4, 0.5) is 16.2 Å². The first kappa shape index (κ1) is 15.0. The number of carbonyl (C=O) groups excluding carboxylic acids is 1. The molecule has 1 N–H and O–H groups in total. The first-order valence-corrected chi connectivity index (χ1v) is 7.86. The van der Waals surface area contributed by atoms with Gasteiger partial charge in [-0.2, -0.15) is 0 Å². The molecule has 1 aromatic carbocycles. The van der Waals surface area contributed by atoms with Crippen molar-refractivity contribution in [1.82, 2.24) is 4.90 Å². The average molecular weight is 303 g/mol. The Balaban J connectivity index is 1.70. The highest BCUT2D eigenvalue weighted by Gasteiger charge is 2.37. The van der Waals surface area contributed by atoms with Gasteiger partial charge in [-0.1, -0.05) is 12.1 Å². The molecule has 0 aromatic heterocycles. The summed E-state index contributed by atoms with van der Waals surface area (Å²) in [6.07, 6.45) is 0.0920. The molecule has 0 bridgehead atoms. The molecule has 1 atom stereocenters. The number of nitrogens with zero attached hydrogens (tertiary/aromatic N) is 2. The van der Waals surface area contributed by atoms with Crippen molar-refractivity contribution in [2.75, 3.05) is 30.4 Å². The number of anilines is 2. The van der Waals surface area contributed by atoms with Gasteiger partial charge in [0.1, 0.15) is 5.60 Å². The molecule has 22 heavy (non-hydrogen) atoms. The van der Waals surface area contributed by atoms with E-state index in [-0.39, 0.29) is 6.09 Å². The molecule has 0 saturated carbocycles. The third-order valence-corrected chi connectivity index (χ3v) is 4.34. The standard InChI is InChI=1S/C17H25N3O2/c1-11-18-14-8-6-7-13(15(14)19(11)5)12-9-20(10-12)16(21)22-17(2,3)4/h6-8,11-12,18H,9-10H2,1-5H3. The quantitative estimate of drug-likeness (QED) is 0.865. The molecule has 5 heteroatoms. The van der Waals surface area contributed by atoms with E-state index in [0.717, 1.165) is 13.1 Å². The number of carbonyl (C=O) groups is 1. The fraction of sp³-hybridized carbons (Fsp3) is 0.588. The van der Waals surface area contributed by atoms with Gasteiger partial charge in [-0.15, -0.1) is 0 Å². The Hall–Kier alpha value is -1.91. The van der Waals surface area contributed by atoms with E-state index in [4.69, 9.17) is 4.74 Å². The van der Waals surface area contributed by atoms with Gasteiger partial charge in [0.05, 0.1) is 17.5 Å². The van der Waals surface area contributed by atoms with Crippen molar-refractivity contribution in [3.05, 3.63) is 23.8 Å². The maximum atomic E-state index is 12.0. The molecule has 2 aliphatic rings. The van der Waals surface area contributed by atoms with Crippen molar-refractivity contribution < 1.29 is 9.53 Å². The number of rotatable bonds is 1. The summed E-state index contributed by atoms with van der Waals surface area (Å²) < 4.78 is 5.42. The van der Waals surface area contributed by atoms with Crippen LogP contribution in [0.15, 0.2) is 18.2 Å². The second kappa shape index (κ2) is 5.07. The van der Waals surface area contributed by atoms with Crippen LogP contribution in [-0.2, 0) is 4.74 Å². The van der Waals surface area contributed by atoms with Gasteiger partial charge in [-0.25, -0.2) is 4.79 Å². The zero-order valence-corrected chi connectivity index (χ0v) is 14.0. The highest BCUT2D eigenvalue weighted by molar-refractivity contribution is 5.80. The predicted molar refractivity (Wildman–Crippen MR) is 88.5 cm³/mol. The Morgan fingerprint density at radius 2 is 2.00 bits per heavy atom. The van der Waals surface area contributed by atoms with Crippen molar-refractivity contribution in [3.63, 3.8) is 0 Å². The SMILES string of the molecule is CC1Nc2cccc(C3CN(C(=O)OC(C)(C)C)C3)c2N1C. The van der Waals surface area contributed by atoms with E-state index in [2.05, 4.69) is 42.4 Å². The first-order chi connectivity index (χ1) is 10.3. The highest BCUT2D eigenvalue weighted by Crippen LogP contribution is 2.42. The molecule has 120 valence electrons. The zero-order chi connectivity index (χ0) is 16.1. The molecule has 0 aliphatic carbocycles. The van der Waals surface area contributed by atoms with E-state index >= 15 is 0 Å². The second-order valence-corrected chi connectivity index (χ2v) is 7.26. The van der Waals surface area contributed by atoms with Gasteiger partial charge >= 0.3 is 6.09 Å². The van der Waals surface area contributed by atoms with Crippen LogP contribution < -0.4 is 10.2 Å². The molecule has 3 rings (SSSR count). The number of amides is 1. The third-order valence-electron chi connectivity index (χ3n) is 4.34. The summed E-state index contributed by atoms with van der Waals surface area (Å²) in [5, 5.41) is 3.48. The summed E-state index contributed by atoms with van der Waals surface area (Å²) in [4.78, 5) is 16.1. The molecular weight excluding hydrogens is 278 g/mol. The van der Waals surface area contributed by atoms with Crippen LogP contribution in [0.3, 0.4) is 0 Å². The topological polar surface area (TPSA) is 44.8 Å². The third kappa shape index (κ3) is 2.60. The first-order valence-electron chi connectivity index (χ1n) is 7.86. The van der Waals surface area contributed by atoms with Crippen LogP contribution >= 0.6 is 0 Å². The van der Waals surface area contributed by atoms with Crippen LogP contribution in [0.1, 0.15) is 39.2 Å². The number of hydrogen-bond donors (Lipinski definition) is 1. The van der Waals surface area contributed by atoms with Crippen LogP contribution in [0.2, 0.25) is 0 Å². The molecule has 1 aromatic rings. The van der Waals surface area contributed by atoms with E-state index < -0.39 is 5.60 Å². The number of benzene rings is 1. The van der Waals surface area contributed by atoms with Gasteiger partial charge in [0, 0.05) is 26.1 Å². The Labute approximate surface area is 132 Å². The molecule has 1 unspecified atom stereocenters. The summed E-state index contributed by atoms with van der Waals surface area (Å²) in [7, 11) is 2.11. The summed E-state index contributed by atoms with van der Waals surface area (Å²) in [5.41, 5.74) is 3.33. The molecular formula is C17H25N3O2. The molecule has 1 fully saturated rings. The fourth-order valence-corrected chi connectivity index (χ4v) is 3.07. The van der Waals surface area contributed by atoms with Gasteiger partial charge < -0.3 is 19.9 Å². The Morgan fingerprint density at radius 1 is 1.32 bits per heavy atom. The molecule has 0 radical (unpaired) electrons. The minimum atomic E-state index is -0.435. The van der Waals surface area contributed by atoms with Crippen LogP contribution in [0.5, 0.6) is 0 Å². The number of para-hydroxylation sites is 1. The van der Waals surface area contributed by atoms with E-state index in [1.54, 1.807) is 4.90 Å². The van der Waals surface area contributed by atoms with Crippen molar-refractivity contribution in [1.29, 1.82) is 0 Å². The van der Waals surface area contributed by atoms with E-state index in [1.165, 1.54) is 16.9 Å². The van der Waals surface area contributed by atoms with Gasteiger partial charge in [0.25, 0.3) is 0 Å². The summed E-state index contributed by atoms with van der Waals surface area (Å²) in [5.74, 6) is 0.386. The summed E-state index contributed by atoms with van der Waals surface area (Å²) in [6, 6.07) is 6.37. The lowest BCUT2D eigenvalue weighted by Crippen LogP contribution is -2.50. The van der Waals surface area contributed by atoms with Crippen LogP contribution in [0, 0.1) is 0 Å². The Kier molecular flexibility index (Phi) is 3.46. The summed E-state index contributed by atoms with van der Waals surface area (Å²) in [6.45, 7) is 9.30. The number of likely N-dealkylation sites (tertiary alicyclic amines) is 1. The predicted octanol–water partition coefficient (Wildman–Crippen LogP) is 3.23. The van der Waals surface area contributed by atoms with Gasteiger partial charge in [0.2, 0.25) is 0 Å². The van der Waals surface area contributed by atoms with Crippen molar-refractivity contribution in [2.24, 2.45) is 0 Å². The minimum absolute atomic E-state index is 0.212. The maximum Gasteiger partial charge on any atom is 0.410 e. The fourth-order valence-electron chi connectivity index (χ4n) is 3.07. The van der Waals surface area contributed by atoms with E-state index in [9.17, 15) is 4.79 Å². The zero-order valence-electron chi connectivity index (χ0n) is 14.0. The summed E-state index contributed by atoms with van der Waals surface area (Å²) >= 11 is 0. The Bertz CT molecular complexity index is 588. The van der Waals surface area contributed by atoms with Crippen molar-refractivity contribution >= 4 is 17.5 Å². The van der Waals surface area contributed by atoms with E-state index in [1.807, 2.05) is 20.8 Å². The lowest BCUT2D eigenvalue weighted by molar-refractivity contribution is 0.00823. The monoisotopic (exact) mass is 303 g/mol. The van der Waals surface area contributed by atoms with Crippen molar-refractivity contribution in [2.45, 2.75) is 45.4 Å². The number of nitrogens with one attached hydrogen (secondary N) is 1. The number of hydrogen-bond acceptors (Lipinski definition) is 4. The molecule has 5 nitrogen and oxygen atoms in total.